The van der Waals surface area contributed by atoms with Gasteiger partial charge in [0, 0.05) is 6.04 Å². The molecule has 0 N–H and O–H groups in total. The summed E-state index contributed by atoms with van der Waals surface area (Å²) in [5.41, 5.74) is 0. The second kappa shape index (κ2) is 17.3. The van der Waals surface area contributed by atoms with E-state index >= 15 is 0 Å². The summed E-state index contributed by atoms with van der Waals surface area (Å²) in [6.45, 7) is 12.0. The van der Waals surface area contributed by atoms with Crippen LogP contribution in [0.2, 0.25) is 0 Å². The number of nitrogens with zero attached hydrogens (tertiary/aromatic N) is 1. The fourth-order valence-electron chi connectivity index (χ4n) is 3.38. The lowest BCUT2D eigenvalue weighted by molar-refractivity contribution is 0.167. The molecule has 134 valence electrons. The Kier molecular flexibility index (Phi) is 17.3. The number of unbranched alkanes of at least 4 members (excludes halogenated alkanes) is 8. The van der Waals surface area contributed by atoms with Crippen molar-refractivity contribution in [1.82, 2.24) is 4.90 Å². The summed E-state index contributed by atoms with van der Waals surface area (Å²) < 4.78 is 0. The molecular weight excluding hydrogens is 266 g/mol. The van der Waals surface area contributed by atoms with Crippen LogP contribution in [0.3, 0.4) is 0 Å². The van der Waals surface area contributed by atoms with E-state index in [1.807, 2.05) is 0 Å². The lowest BCUT2D eigenvalue weighted by atomic mass is 10.00. The maximum atomic E-state index is 2.83. The Morgan fingerprint density at radius 3 is 1.50 bits per heavy atom. The molecule has 0 radical (unpaired) electrons. The maximum absolute atomic E-state index is 2.83. The predicted octanol–water partition coefficient (Wildman–Crippen LogP) is 7.20. The third-order valence-electron chi connectivity index (χ3n) is 4.88. The summed E-state index contributed by atoms with van der Waals surface area (Å²) >= 11 is 0. The smallest absolute Gasteiger partial charge is 0.00951 e. The van der Waals surface area contributed by atoms with Gasteiger partial charge in [-0.25, -0.2) is 0 Å². The monoisotopic (exact) mass is 311 g/mol. The fourth-order valence-corrected chi connectivity index (χ4v) is 3.38. The standard InChI is InChI=1S/C21H45N/c1-5-9-12-13-14-15-16-18-21(17-8-4)22(19-10-6-2)20-11-7-3/h21H,5-20H2,1-4H3. The Balaban J connectivity index is 4.04. The van der Waals surface area contributed by atoms with Crippen LogP contribution in [0.1, 0.15) is 118 Å². The van der Waals surface area contributed by atoms with Crippen LogP contribution in [0.4, 0.5) is 0 Å². The molecule has 0 bridgehead atoms. The van der Waals surface area contributed by atoms with E-state index in [0.717, 1.165) is 6.04 Å². The van der Waals surface area contributed by atoms with Gasteiger partial charge in [-0.3, -0.25) is 0 Å². The van der Waals surface area contributed by atoms with Crippen LogP contribution in [-0.4, -0.2) is 24.0 Å². The first-order valence-electron chi connectivity index (χ1n) is 10.5. The molecule has 0 aliphatic heterocycles. The van der Waals surface area contributed by atoms with Crippen molar-refractivity contribution in [2.45, 2.75) is 124 Å². The highest BCUT2D eigenvalue weighted by Crippen LogP contribution is 2.18. The van der Waals surface area contributed by atoms with Gasteiger partial charge in [0.25, 0.3) is 0 Å². The fraction of sp³-hybridized carbons (Fsp3) is 1.00. The Morgan fingerprint density at radius 2 is 1.00 bits per heavy atom. The van der Waals surface area contributed by atoms with Crippen LogP contribution in [0.15, 0.2) is 0 Å². The van der Waals surface area contributed by atoms with Crippen LogP contribution in [-0.2, 0) is 0 Å². The molecule has 0 heterocycles. The SMILES string of the molecule is CCCCCCCCCC(CCC)N(CCCC)CCCC. The minimum atomic E-state index is 0.860. The molecule has 0 spiro atoms. The zero-order chi connectivity index (χ0) is 16.5. The molecule has 0 aromatic carbocycles. The lowest BCUT2D eigenvalue weighted by Gasteiger charge is -2.32. The Hall–Kier alpha value is -0.0400. The Morgan fingerprint density at radius 1 is 0.500 bits per heavy atom. The summed E-state index contributed by atoms with van der Waals surface area (Å²) in [5.74, 6) is 0. The highest BCUT2D eigenvalue weighted by atomic mass is 15.1. The molecule has 0 aromatic rings. The summed E-state index contributed by atoms with van der Waals surface area (Å²) in [4.78, 5) is 2.83. The van der Waals surface area contributed by atoms with E-state index in [4.69, 9.17) is 0 Å². The lowest BCUT2D eigenvalue weighted by Crippen LogP contribution is -2.37. The summed E-state index contributed by atoms with van der Waals surface area (Å²) in [5, 5.41) is 0. The van der Waals surface area contributed by atoms with E-state index in [2.05, 4.69) is 32.6 Å². The molecule has 1 nitrogen and oxygen atoms in total. The summed E-state index contributed by atoms with van der Waals surface area (Å²) in [7, 11) is 0. The van der Waals surface area contributed by atoms with Crippen LogP contribution in [0.5, 0.6) is 0 Å². The summed E-state index contributed by atoms with van der Waals surface area (Å²) in [6.07, 6.45) is 19.7. The van der Waals surface area contributed by atoms with Gasteiger partial charge >= 0.3 is 0 Å². The molecule has 0 aromatic heterocycles. The van der Waals surface area contributed by atoms with Crippen LogP contribution >= 0.6 is 0 Å². The third kappa shape index (κ3) is 12.5. The quantitative estimate of drug-likeness (QED) is 0.257. The van der Waals surface area contributed by atoms with Crippen molar-refractivity contribution in [2.75, 3.05) is 13.1 Å². The van der Waals surface area contributed by atoms with Crippen molar-refractivity contribution in [2.24, 2.45) is 0 Å². The van der Waals surface area contributed by atoms with Crippen molar-refractivity contribution in [3.63, 3.8) is 0 Å². The average Bonchev–Trinajstić information content (AvgIpc) is 2.53. The first-order chi connectivity index (χ1) is 10.8. The molecule has 0 rings (SSSR count). The predicted molar refractivity (Wildman–Crippen MR) is 103 cm³/mol. The minimum absolute atomic E-state index is 0.860. The van der Waals surface area contributed by atoms with Gasteiger partial charge < -0.3 is 4.90 Å². The Labute approximate surface area is 142 Å². The largest absolute Gasteiger partial charge is 0.300 e. The van der Waals surface area contributed by atoms with Crippen molar-refractivity contribution in [3.05, 3.63) is 0 Å². The molecule has 0 amide bonds. The molecule has 0 aliphatic rings. The van der Waals surface area contributed by atoms with Gasteiger partial charge in [-0.15, -0.1) is 0 Å². The van der Waals surface area contributed by atoms with Crippen molar-refractivity contribution in [3.8, 4) is 0 Å². The third-order valence-corrected chi connectivity index (χ3v) is 4.88. The molecule has 0 saturated carbocycles. The molecule has 1 atom stereocenters. The zero-order valence-electron chi connectivity index (χ0n) is 16.3. The van der Waals surface area contributed by atoms with Gasteiger partial charge in [0.1, 0.15) is 0 Å². The molecule has 0 saturated heterocycles. The van der Waals surface area contributed by atoms with Crippen molar-refractivity contribution in [1.29, 1.82) is 0 Å². The van der Waals surface area contributed by atoms with Gasteiger partial charge in [0.05, 0.1) is 0 Å². The highest BCUT2D eigenvalue weighted by Gasteiger charge is 2.16. The van der Waals surface area contributed by atoms with E-state index in [1.165, 1.54) is 103 Å². The van der Waals surface area contributed by atoms with Crippen molar-refractivity contribution < 1.29 is 0 Å². The van der Waals surface area contributed by atoms with E-state index in [0.29, 0.717) is 0 Å². The summed E-state index contributed by atoms with van der Waals surface area (Å²) in [6, 6.07) is 0.860. The van der Waals surface area contributed by atoms with E-state index in [9.17, 15) is 0 Å². The van der Waals surface area contributed by atoms with E-state index in [-0.39, 0.29) is 0 Å². The van der Waals surface area contributed by atoms with Gasteiger partial charge in [-0.05, 0) is 38.8 Å². The number of hydrogen-bond donors (Lipinski definition) is 0. The van der Waals surface area contributed by atoms with E-state index in [1.54, 1.807) is 0 Å². The highest BCUT2D eigenvalue weighted by molar-refractivity contribution is 4.72. The molecule has 1 unspecified atom stereocenters. The average molecular weight is 312 g/mol. The molecule has 0 fully saturated rings. The maximum Gasteiger partial charge on any atom is 0.00951 e. The molecule has 22 heavy (non-hydrogen) atoms. The minimum Gasteiger partial charge on any atom is -0.300 e. The first kappa shape index (κ1) is 22.0. The second-order valence-corrected chi connectivity index (χ2v) is 7.10. The van der Waals surface area contributed by atoms with E-state index < -0.39 is 0 Å². The number of hydrogen-bond acceptors (Lipinski definition) is 1. The van der Waals surface area contributed by atoms with Gasteiger partial charge in [-0.2, -0.15) is 0 Å². The normalized spacial score (nSPS) is 13.0. The molecular formula is C21H45N. The van der Waals surface area contributed by atoms with Crippen LogP contribution in [0, 0.1) is 0 Å². The first-order valence-corrected chi connectivity index (χ1v) is 10.5. The van der Waals surface area contributed by atoms with Gasteiger partial charge in [0.15, 0.2) is 0 Å². The topological polar surface area (TPSA) is 3.24 Å². The Bertz CT molecular complexity index is 194. The second-order valence-electron chi connectivity index (χ2n) is 7.10. The van der Waals surface area contributed by atoms with Crippen molar-refractivity contribution >= 4 is 0 Å². The van der Waals surface area contributed by atoms with Crippen LogP contribution in [0.25, 0.3) is 0 Å². The van der Waals surface area contributed by atoms with Crippen LogP contribution < -0.4 is 0 Å². The zero-order valence-corrected chi connectivity index (χ0v) is 16.3. The van der Waals surface area contributed by atoms with Gasteiger partial charge in [0.2, 0.25) is 0 Å². The molecule has 1 heteroatoms. The molecule has 0 aliphatic carbocycles. The van der Waals surface area contributed by atoms with Gasteiger partial charge in [-0.1, -0.05) is 91.9 Å². The number of rotatable bonds is 17.